The summed E-state index contributed by atoms with van der Waals surface area (Å²) in [6.45, 7) is 11.4. The van der Waals surface area contributed by atoms with Crippen LogP contribution in [-0.2, 0) is 65.9 Å². The Balaban J connectivity index is 0.000000261. The first kappa shape index (κ1) is 48.7. The molecule has 0 saturated carbocycles. The van der Waals surface area contributed by atoms with Crippen molar-refractivity contribution in [2.75, 3.05) is 13.2 Å². The van der Waals surface area contributed by atoms with E-state index in [9.17, 15) is 28.5 Å². The number of hydrogen-bond donors (Lipinski definition) is 4. The molecule has 57 heavy (non-hydrogen) atoms. The van der Waals surface area contributed by atoms with E-state index < -0.39 is 61.3 Å². The Morgan fingerprint density at radius 1 is 0.842 bits per heavy atom. The van der Waals surface area contributed by atoms with E-state index in [0.717, 1.165) is 27.8 Å². The summed E-state index contributed by atoms with van der Waals surface area (Å²) in [5.41, 5.74) is 3.11. The first-order chi connectivity index (χ1) is 25.3. The van der Waals surface area contributed by atoms with Gasteiger partial charge in [0.25, 0.3) is 0 Å². The number of carbonyl (C=O) groups is 1. The van der Waals surface area contributed by atoms with E-state index in [2.05, 4.69) is 19.9 Å². The molecule has 0 aromatic carbocycles. The van der Waals surface area contributed by atoms with E-state index in [-0.39, 0.29) is 76.3 Å². The molecule has 22 heteroatoms. The standard InChI is InChI=1S/C19H25N3O5.C13H17N3O5.C2HF3O.CH4.H2O.Y/c1-10-11-6-7-22(16(11)21-9-20-10)17-15-14(26-19(4,5)27-15)13(24-17)12-8-23-18(2,3)25-12;1-6-7-2-3-16(12(7)15-5-14-6)13-10(20)9(19)11(21-13)8(18)4-17;3-2(4,5)1-6;;;/h6-7,9,12-15,17H,8H2,1-5H3;2-3,5,8-11,13,17-20H,4H2,1H3;1H;1H4;1H2;/t12-,13+,14-,15-,17-;8-,9+,10-,11+,13-;;;;/m11..../s1. The Bertz CT molecular complexity index is 1950. The molecule has 4 aromatic rings. The third-order valence-electron chi connectivity index (χ3n) is 9.40. The van der Waals surface area contributed by atoms with E-state index in [1.54, 1.807) is 23.2 Å². The third kappa shape index (κ3) is 10.2. The number of fused-ring (bicyclic) bond motifs is 3. The zero-order valence-electron chi connectivity index (χ0n) is 31.3. The van der Waals surface area contributed by atoms with Crippen LogP contribution in [0.4, 0.5) is 13.2 Å². The van der Waals surface area contributed by atoms with Gasteiger partial charge in [0.05, 0.1) is 24.6 Å². The SMILES string of the molecule is C.Cc1ncnc2c1ccn2[C@@H]1O[C@@H]([C@H](O)CO)[C@@H](O)[C@H]1O.Cc1ncnc2c1ccn2[C@@H]1O[C@@H]([C@H]2COC(C)(C)O2)[C@H]2OC(C)(C)O[C@H]21.O.O=CC(F)(F)F.[Y]. The van der Waals surface area contributed by atoms with Crippen molar-refractivity contribution in [2.45, 2.75) is 128 Å². The number of aldehydes is 1. The van der Waals surface area contributed by atoms with Gasteiger partial charge >= 0.3 is 6.18 Å². The molecule has 4 fully saturated rings. The van der Waals surface area contributed by atoms with Gasteiger partial charge in [-0.3, -0.25) is 4.79 Å². The van der Waals surface area contributed by atoms with Crippen molar-refractivity contribution >= 4 is 28.4 Å². The number of rotatable bonds is 5. The molecule has 4 aliphatic heterocycles. The summed E-state index contributed by atoms with van der Waals surface area (Å²) in [6.07, 6.45) is -6.18. The van der Waals surface area contributed by atoms with Crippen LogP contribution in [0.15, 0.2) is 37.2 Å². The van der Waals surface area contributed by atoms with Gasteiger partial charge in [0.1, 0.15) is 72.8 Å². The Kier molecular flexibility index (Phi) is 16.0. The van der Waals surface area contributed by atoms with Gasteiger partial charge in [-0.05, 0) is 53.7 Å². The molecule has 4 aliphatic rings. The van der Waals surface area contributed by atoms with Gasteiger partial charge in [-0.15, -0.1) is 0 Å². The van der Waals surface area contributed by atoms with Crippen molar-refractivity contribution in [1.29, 1.82) is 0 Å². The van der Waals surface area contributed by atoms with Crippen LogP contribution in [0.25, 0.3) is 22.1 Å². The number of ether oxygens (including phenoxy) is 6. The zero-order valence-corrected chi connectivity index (χ0v) is 34.1. The number of aliphatic hydroxyl groups is 4. The maximum absolute atomic E-state index is 10.4. The summed E-state index contributed by atoms with van der Waals surface area (Å²) in [6, 6.07) is 3.80. The number of nitrogens with zero attached hydrogens (tertiary/aromatic N) is 6. The summed E-state index contributed by atoms with van der Waals surface area (Å²) >= 11 is 0. The smallest absolute Gasteiger partial charge is 0.412 e. The van der Waals surface area contributed by atoms with Crippen LogP contribution in [0.2, 0.25) is 0 Å². The molecule has 0 aliphatic carbocycles. The predicted octanol–water partition coefficient (Wildman–Crippen LogP) is 1.58. The molecular weight excluding hydrogens is 842 g/mol. The Morgan fingerprint density at radius 2 is 1.35 bits per heavy atom. The molecule has 4 aromatic heterocycles. The minimum Gasteiger partial charge on any atom is -0.412 e. The van der Waals surface area contributed by atoms with Crippen LogP contribution < -0.4 is 0 Å². The quantitative estimate of drug-likeness (QED) is 0.208. The number of halogens is 3. The summed E-state index contributed by atoms with van der Waals surface area (Å²) in [7, 11) is 0. The van der Waals surface area contributed by atoms with Gasteiger partial charge in [-0.1, -0.05) is 7.43 Å². The molecule has 8 heterocycles. The molecule has 10 atom stereocenters. The average Bonchev–Trinajstić information content (AvgIpc) is 3.96. The number of alkyl halides is 3. The summed E-state index contributed by atoms with van der Waals surface area (Å²) in [5.74, 6) is -1.31. The van der Waals surface area contributed by atoms with Crippen LogP contribution >= 0.6 is 0 Å². The topological polar surface area (TPSA) is 246 Å². The molecule has 8 rings (SSSR count). The molecule has 315 valence electrons. The molecule has 0 amide bonds. The van der Waals surface area contributed by atoms with E-state index in [1.807, 2.05) is 58.4 Å². The molecular formula is C35H49F3N6O12Y. The predicted molar refractivity (Wildman–Crippen MR) is 189 cm³/mol. The molecule has 6 N–H and O–H groups in total. The largest absolute Gasteiger partial charge is 0.446 e. The number of aliphatic hydroxyl groups excluding tert-OH is 4. The molecule has 4 saturated heterocycles. The second-order valence-corrected chi connectivity index (χ2v) is 14.1. The van der Waals surface area contributed by atoms with Crippen LogP contribution in [0, 0.1) is 13.8 Å². The molecule has 1 radical (unpaired) electrons. The van der Waals surface area contributed by atoms with Crippen molar-refractivity contribution in [3.05, 3.63) is 48.6 Å². The Labute approximate surface area is 350 Å². The molecule has 0 unspecified atom stereocenters. The van der Waals surface area contributed by atoms with Crippen molar-refractivity contribution in [1.82, 2.24) is 29.1 Å². The second kappa shape index (κ2) is 18.7. The summed E-state index contributed by atoms with van der Waals surface area (Å²) in [4.78, 5) is 25.7. The van der Waals surface area contributed by atoms with E-state index in [1.165, 1.54) is 6.33 Å². The van der Waals surface area contributed by atoms with Gasteiger partial charge in [0.15, 0.2) is 24.0 Å². The first-order valence-corrected chi connectivity index (χ1v) is 17.1. The third-order valence-corrected chi connectivity index (χ3v) is 9.40. The average molecular weight is 892 g/mol. The van der Waals surface area contributed by atoms with Crippen molar-refractivity contribution in [2.24, 2.45) is 0 Å². The van der Waals surface area contributed by atoms with Crippen LogP contribution in [-0.4, -0.2) is 141 Å². The van der Waals surface area contributed by atoms with E-state index in [0.29, 0.717) is 12.3 Å². The summed E-state index contributed by atoms with van der Waals surface area (Å²) < 4.78 is 71.0. The number of aromatic nitrogens is 6. The van der Waals surface area contributed by atoms with Gasteiger partial charge in [0, 0.05) is 55.9 Å². The minimum atomic E-state index is -4.64. The van der Waals surface area contributed by atoms with Crippen molar-refractivity contribution < 1.29 is 105 Å². The van der Waals surface area contributed by atoms with Crippen molar-refractivity contribution in [3.63, 3.8) is 0 Å². The fourth-order valence-corrected chi connectivity index (χ4v) is 6.95. The van der Waals surface area contributed by atoms with Crippen LogP contribution in [0.3, 0.4) is 0 Å². The van der Waals surface area contributed by atoms with Crippen LogP contribution in [0.5, 0.6) is 0 Å². The first-order valence-electron chi connectivity index (χ1n) is 17.1. The monoisotopic (exact) mass is 891 g/mol. The van der Waals surface area contributed by atoms with E-state index in [4.69, 9.17) is 38.3 Å². The van der Waals surface area contributed by atoms with E-state index >= 15 is 0 Å². The maximum atomic E-state index is 10.4. The fraction of sp³-hybridized carbons (Fsp3) is 0.629. The van der Waals surface area contributed by atoms with Crippen LogP contribution in [0.1, 0.15) is 59.0 Å². The van der Waals surface area contributed by atoms with Gasteiger partial charge < -0.3 is 63.5 Å². The molecule has 0 spiro atoms. The Hall–Kier alpha value is -2.64. The van der Waals surface area contributed by atoms with Gasteiger partial charge in [-0.2, -0.15) is 13.2 Å². The number of hydrogen-bond acceptors (Lipinski definition) is 15. The normalized spacial score (nSPS) is 30.2. The number of carbonyl (C=O) groups excluding carboxylic acids is 1. The number of aryl methyl sites for hydroxylation is 2. The minimum absolute atomic E-state index is 0. The molecule has 18 nitrogen and oxygen atoms in total. The van der Waals surface area contributed by atoms with Gasteiger partial charge in [-0.25, -0.2) is 19.9 Å². The van der Waals surface area contributed by atoms with Crippen molar-refractivity contribution in [3.8, 4) is 0 Å². The molecule has 0 bridgehead atoms. The Morgan fingerprint density at radius 3 is 1.82 bits per heavy atom. The fourth-order valence-electron chi connectivity index (χ4n) is 6.95. The van der Waals surface area contributed by atoms with Gasteiger partial charge in [0.2, 0.25) is 6.29 Å². The maximum Gasteiger partial charge on any atom is 0.446 e. The zero-order chi connectivity index (χ0) is 39.3. The second-order valence-electron chi connectivity index (χ2n) is 14.1. The summed E-state index contributed by atoms with van der Waals surface area (Å²) in [5, 5.41) is 40.5.